The van der Waals surface area contributed by atoms with Crippen molar-refractivity contribution in [3.63, 3.8) is 0 Å². The Balaban J connectivity index is 1.64. The number of aromatic nitrogens is 2. The van der Waals surface area contributed by atoms with Crippen molar-refractivity contribution in [2.45, 2.75) is 37.1 Å². The molecule has 5 nitrogen and oxygen atoms in total. The highest BCUT2D eigenvalue weighted by Gasteiger charge is 2.29. The fourth-order valence-electron chi connectivity index (χ4n) is 3.15. The van der Waals surface area contributed by atoms with Crippen LogP contribution in [0.4, 0.5) is 0 Å². The van der Waals surface area contributed by atoms with Crippen LogP contribution < -0.4 is 0 Å². The zero-order valence-electron chi connectivity index (χ0n) is 15.2. The van der Waals surface area contributed by atoms with Gasteiger partial charge >= 0.3 is 0 Å². The highest BCUT2D eigenvalue weighted by Crippen LogP contribution is 2.40. The van der Waals surface area contributed by atoms with Gasteiger partial charge < -0.3 is 9.42 Å². The minimum absolute atomic E-state index is 0.0282. The minimum Gasteiger partial charge on any atom is -0.337 e. The molecule has 0 saturated heterocycles. The number of nitrogens with zero attached hydrogens (tertiary/aromatic N) is 3. The molecule has 1 fully saturated rings. The predicted octanol–water partition coefficient (Wildman–Crippen LogP) is 4.40. The third-order valence-corrected chi connectivity index (χ3v) is 5.53. The lowest BCUT2D eigenvalue weighted by Crippen LogP contribution is -2.26. The molecule has 0 N–H and O–H groups in total. The maximum Gasteiger partial charge on any atom is 0.259 e. The summed E-state index contributed by atoms with van der Waals surface area (Å²) in [6.45, 7) is 2.41. The minimum atomic E-state index is -0.0282. The van der Waals surface area contributed by atoms with Gasteiger partial charge in [-0.25, -0.2) is 4.98 Å². The van der Waals surface area contributed by atoms with Gasteiger partial charge in [0.1, 0.15) is 0 Å². The number of aryl methyl sites for hydroxylation is 1. The number of amides is 1. The number of fused-ring (bicyclic) bond motifs is 1. The van der Waals surface area contributed by atoms with E-state index in [2.05, 4.69) is 40.7 Å². The number of carbonyl (C=O) groups is 1. The molecule has 26 heavy (non-hydrogen) atoms. The van der Waals surface area contributed by atoms with E-state index in [1.165, 1.54) is 4.90 Å². The zero-order valence-corrected chi connectivity index (χ0v) is 16.0. The van der Waals surface area contributed by atoms with Crippen LogP contribution in [0.2, 0.25) is 0 Å². The lowest BCUT2D eigenvalue weighted by molar-refractivity contribution is 0.0786. The van der Waals surface area contributed by atoms with Crippen molar-refractivity contribution < 1.29 is 9.32 Å². The van der Waals surface area contributed by atoms with Crippen LogP contribution in [0.25, 0.3) is 11.1 Å². The van der Waals surface area contributed by atoms with Gasteiger partial charge in [-0.1, -0.05) is 17.3 Å². The van der Waals surface area contributed by atoms with Gasteiger partial charge in [0.2, 0.25) is 0 Å². The predicted molar refractivity (Wildman–Crippen MR) is 103 cm³/mol. The van der Waals surface area contributed by atoms with Gasteiger partial charge in [0, 0.05) is 30.1 Å². The van der Waals surface area contributed by atoms with E-state index in [4.69, 9.17) is 4.52 Å². The summed E-state index contributed by atoms with van der Waals surface area (Å²) in [5, 5.41) is 4.74. The lowest BCUT2D eigenvalue weighted by Gasteiger charge is -2.18. The second kappa shape index (κ2) is 6.76. The van der Waals surface area contributed by atoms with Crippen LogP contribution in [-0.4, -0.2) is 34.3 Å². The van der Waals surface area contributed by atoms with Crippen molar-refractivity contribution in [2.24, 2.45) is 0 Å². The van der Waals surface area contributed by atoms with Gasteiger partial charge in [0.15, 0.2) is 0 Å². The maximum absolute atomic E-state index is 13.2. The highest BCUT2D eigenvalue weighted by atomic mass is 32.2. The van der Waals surface area contributed by atoms with E-state index in [0.29, 0.717) is 29.4 Å². The van der Waals surface area contributed by atoms with Crippen molar-refractivity contribution in [1.82, 2.24) is 15.0 Å². The summed E-state index contributed by atoms with van der Waals surface area (Å²) in [6, 6.07) is 10.2. The molecule has 1 aromatic carbocycles. The molecule has 0 atom stereocenters. The first-order valence-electron chi connectivity index (χ1n) is 8.72. The summed E-state index contributed by atoms with van der Waals surface area (Å²) in [6.07, 6.45) is 4.30. The Bertz CT molecular complexity index is 961. The van der Waals surface area contributed by atoms with Crippen molar-refractivity contribution in [2.75, 3.05) is 13.3 Å². The summed E-state index contributed by atoms with van der Waals surface area (Å²) >= 11 is 1.71. The quantitative estimate of drug-likeness (QED) is 0.626. The van der Waals surface area contributed by atoms with Gasteiger partial charge in [-0.3, -0.25) is 4.79 Å². The van der Waals surface area contributed by atoms with Crippen LogP contribution in [0, 0.1) is 6.92 Å². The lowest BCUT2D eigenvalue weighted by atomic mass is 10.1. The van der Waals surface area contributed by atoms with Crippen LogP contribution in [0.1, 0.15) is 46.1 Å². The molecule has 0 unspecified atom stereocenters. The van der Waals surface area contributed by atoms with Crippen LogP contribution in [0.3, 0.4) is 0 Å². The molecule has 134 valence electrons. The first-order chi connectivity index (χ1) is 12.6. The summed E-state index contributed by atoms with van der Waals surface area (Å²) in [5.41, 5.74) is 3.85. The average Bonchev–Trinajstić information content (AvgIpc) is 3.44. The molecular weight excluding hydrogens is 346 g/mol. The van der Waals surface area contributed by atoms with Crippen LogP contribution in [-0.2, 0) is 6.54 Å². The molecule has 3 aromatic rings. The smallest absolute Gasteiger partial charge is 0.259 e. The molecule has 4 rings (SSSR count). The van der Waals surface area contributed by atoms with Gasteiger partial charge in [-0.15, -0.1) is 11.8 Å². The van der Waals surface area contributed by atoms with Crippen molar-refractivity contribution >= 4 is 28.8 Å². The largest absolute Gasteiger partial charge is 0.337 e. The Morgan fingerprint density at radius 2 is 2.04 bits per heavy atom. The number of carbonyl (C=O) groups excluding carboxylic acids is 1. The number of benzene rings is 1. The normalized spacial score (nSPS) is 14.0. The summed E-state index contributed by atoms with van der Waals surface area (Å²) in [5.74, 6) is 0.417. The third-order valence-electron chi connectivity index (χ3n) is 4.79. The summed E-state index contributed by atoms with van der Waals surface area (Å²) < 4.78 is 5.35. The van der Waals surface area contributed by atoms with E-state index < -0.39 is 0 Å². The van der Waals surface area contributed by atoms with E-state index in [9.17, 15) is 4.79 Å². The van der Waals surface area contributed by atoms with Crippen LogP contribution in [0.15, 0.2) is 39.8 Å². The van der Waals surface area contributed by atoms with Crippen LogP contribution >= 0.6 is 11.8 Å². The Kier molecular flexibility index (Phi) is 4.44. The molecule has 2 heterocycles. The second-order valence-electron chi connectivity index (χ2n) is 6.83. The van der Waals surface area contributed by atoms with E-state index in [1.807, 2.05) is 20.0 Å². The fourth-order valence-corrected chi connectivity index (χ4v) is 3.56. The zero-order chi connectivity index (χ0) is 18.3. The molecule has 0 aliphatic heterocycles. The monoisotopic (exact) mass is 367 g/mol. The van der Waals surface area contributed by atoms with Gasteiger partial charge in [-0.2, -0.15) is 0 Å². The SMILES string of the molecule is CSc1ccc(CN(C)C(=O)c2cc(C3CC3)nc3onc(C)c23)cc1. The first kappa shape index (κ1) is 17.1. The number of pyridine rings is 1. The molecule has 1 saturated carbocycles. The Hall–Kier alpha value is -2.34. The standard InChI is InChI=1S/C20H21N3O2S/c1-12-18-16(10-17(14-6-7-14)21-19(18)25-22-12)20(24)23(2)11-13-4-8-15(26-3)9-5-13/h4-5,8-10,14H,6-7,11H2,1-3H3. The summed E-state index contributed by atoms with van der Waals surface area (Å²) in [7, 11) is 1.83. The Labute approximate surface area is 156 Å². The second-order valence-corrected chi connectivity index (χ2v) is 7.71. The summed E-state index contributed by atoms with van der Waals surface area (Å²) in [4.78, 5) is 20.7. The number of thioether (sulfide) groups is 1. The van der Waals surface area contributed by atoms with E-state index in [1.54, 1.807) is 16.7 Å². The molecule has 1 aliphatic rings. The topological polar surface area (TPSA) is 59.2 Å². The van der Waals surface area contributed by atoms with E-state index in [0.717, 1.165) is 29.5 Å². The molecular formula is C20H21N3O2S. The number of hydrogen-bond donors (Lipinski definition) is 0. The fraction of sp³-hybridized carbons (Fsp3) is 0.350. The Morgan fingerprint density at radius 3 is 2.69 bits per heavy atom. The maximum atomic E-state index is 13.2. The van der Waals surface area contributed by atoms with Crippen molar-refractivity contribution in [3.05, 3.63) is 52.8 Å². The molecule has 1 aliphatic carbocycles. The highest BCUT2D eigenvalue weighted by molar-refractivity contribution is 7.98. The average molecular weight is 367 g/mol. The Morgan fingerprint density at radius 1 is 1.31 bits per heavy atom. The molecule has 2 aromatic heterocycles. The molecule has 6 heteroatoms. The van der Waals surface area contributed by atoms with E-state index >= 15 is 0 Å². The van der Waals surface area contributed by atoms with Crippen LogP contribution in [0.5, 0.6) is 0 Å². The van der Waals surface area contributed by atoms with Gasteiger partial charge in [0.25, 0.3) is 11.6 Å². The number of rotatable bonds is 5. The van der Waals surface area contributed by atoms with Crippen molar-refractivity contribution in [3.8, 4) is 0 Å². The number of hydrogen-bond acceptors (Lipinski definition) is 5. The molecule has 1 amide bonds. The third kappa shape index (κ3) is 3.21. The van der Waals surface area contributed by atoms with Gasteiger partial charge in [-0.05, 0) is 49.8 Å². The molecule has 0 bridgehead atoms. The first-order valence-corrected chi connectivity index (χ1v) is 9.94. The van der Waals surface area contributed by atoms with Gasteiger partial charge in [0.05, 0.1) is 16.6 Å². The molecule has 0 radical (unpaired) electrons. The van der Waals surface area contributed by atoms with E-state index in [-0.39, 0.29) is 5.91 Å². The van der Waals surface area contributed by atoms with Crippen molar-refractivity contribution in [1.29, 1.82) is 0 Å². The molecule has 0 spiro atoms.